The van der Waals surface area contributed by atoms with Gasteiger partial charge < -0.3 is 20.1 Å². The molecule has 3 rings (SSSR count). The molecule has 1 unspecified atom stereocenters. The van der Waals surface area contributed by atoms with E-state index in [2.05, 4.69) is 17.4 Å². The molecule has 5 nitrogen and oxygen atoms in total. The van der Waals surface area contributed by atoms with Crippen molar-refractivity contribution in [1.29, 1.82) is 0 Å². The van der Waals surface area contributed by atoms with Crippen molar-refractivity contribution in [1.82, 2.24) is 10.2 Å². The highest BCUT2D eigenvalue weighted by Gasteiger charge is 2.33. The molecular weight excluding hydrogens is 328 g/mol. The fourth-order valence-electron chi connectivity index (χ4n) is 3.55. The van der Waals surface area contributed by atoms with Gasteiger partial charge in [0.15, 0.2) is 0 Å². The predicted molar refractivity (Wildman–Crippen MR) is 101 cm³/mol. The number of ether oxygens (including phenoxy) is 1. The van der Waals surface area contributed by atoms with Gasteiger partial charge in [-0.2, -0.15) is 0 Å². The maximum atomic E-state index is 12.9. The highest BCUT2D eigenvalue weighted by molar-refractivity contribution is 5.80. The lowest BCUT2D eigenvalue weighted by atomic mass is 9.87. The Balaban J connectivity index is 1.95. The van der Waals surface area contributed by atoms with Gasteiger partial charge in [-0.3, -0.25) is 4.79 Å². The quantitative estimate of drug-likeness (QED) is 0.834. The second kappa shape index (κ2) is 8.34. The van der Waals surface area contributed by atoms with Crippen LogP contribution in [0.15, 0.2) is 48.5 Å². The summed E-state index contributed by atoms with van der Waals surface area (Å²) < 4.78 is 5.57. The SMILES string of the molecule is COc1ccccc1[C@H]1c2ccccc2CCN1C(=O)CNCC(C)O. The number of nitrogens with one attached hydrogen (secondary N) is 1. The van der Waals surface area contributed by atoms with Crippen molar-refractivity contribution in [3.8, 4) is 5.75 Å². The van der Waals surface area contributed by atoms with E-state index in [1.807, 2.05) is 41.3 Å². The zero-order chi connectivity index (χ0) is 18.5. The highest BCUT2D eigenvalue weighted by Crippen LogP contribution is 2.39. The average molecular weight is 354 g/mol. The van der Waals surface area contributed by atoms with Crippen LogP contribution < -0.4 is 10.1 Å². The second-order valence-corrected chi connectivity index (χ2v) is 6.66. The van der Waals surface area contributed by atoms with Gasteiger partial charge in [0.25, 0.3) is 0 Å². The van der Waals surface area contributed by atoms with Gasteiger partial charge in [0, 0.05) is 18.7 Å². The maximum Gasteiger partial charge on any atom is 0.237 e. The largest absolute Gasteiger partial charge is 0.496 e. The molecule has 2 atom stereocenters. The number of carbonyl (C=O) groups is 1. The van der Waals surface area contributed by atoms with Gasteiger partial charge >= 0.3 is 0 Å². The van der Waals surface area contributed by atoms with Crippen LogP contribution in [0.2, 0.25) is 0 Å². The van der Waals surface area contributed by atoms with Gasteiger partial charge in [-0.1, -0.05) is 42.5 Å². The number of rotatable bonds is 6. The average Bonchev–Trinajstić information content (AvgIpc) is 2.66. The standard InChI is InChI=1S/C21H26N2O3/c1-15(24)13-22-14-20(25)23-12-11-16-7-3-4-8-17(16)21(23)18-9-5-6-10-19(18)26-2/h3-10,15,21-22,24H,11-14H2,1-2H3/t15?,21-/m1/s1. The van der Waals surface area contributed by atoms with E-state index in [0.717, 1.165) is 23.3 Å². The van der Waals surface area contributed by atoms with Gasteiger partial charge in [0.05, 0.1) is 25.8 Å². The first-order valence-electron chi connectivity index (χ1n) is 9.00. The molecule has 1 amide bonds. The molecule has 0 aliphatic carbocycles. The first-order valence-corrected chi connectivity index (χ1v) is 9.00. The molecule has 0 aromatic heterocycles. The first-order chi connectivity index (χ1) is 12.6. The third-order valence-electron chi connectivity index (χ3n) is 4.75. The third-order valence-corrected chi connectivity index (χ3v) is 4.75. The molecule has 0 spiro atoms. The van der Waals surface area contributed by atoms with Crippen molar-refractivity contribution in [2.75, 3.05) is 26.7 Å². The summed E-state index contributed by atoms with van der Waals surface area (Å²) in [5, 5.41) is 12.4. The molecular formula is C21H26N2O3. The highest BCUT2D eigenvalue weighted by atomic mass is 16.5. The van der Waals surface area contributed by atoms with Crippen molar-refractivity contribution in [2.24, 2.45) is 0 Å². The monoisotopic (exact) mass is 354 g/mol. The number of aliphatic hydroxyl groups excluding tert-OH is 1. The molecule has 2 aromatic carbocycles. The number of fused-ring (bicyclic) bond motifs is 1. The second-order valence-electron chi connectivity index (χ2n) is 6.66. The zero-order valence-electron chi connectivity index (χ0n) is 15.3. The summed E-state index contributed by atoms with van der Waals surface area (Å²) in [6, 6.07) is 16.0. The van der Waals surface area contributed by atoms with Crippen LogP contribution in [0.5, 0.6) is 5.75 Å². The zero-order valence-corrected chi connectivity index (χ0v) is 15.3. The Labute approximate surface area is 154 Å². The molecule has 2 N–H and O–H groups in total. The summed E-state index contributed by atoms with van der Waals surface area (Å²) in [6.45, 7) is 2.97. The van der Waals surface area contributed by atoms with E-state index >= 15 is 0 Å². The summed E-state index contributed by atoms with van der Waals surface area (Å²) in [7, 11) is 1.66. The van der Waals surface area contributed by atoms with E-state index in [1.54, 1.807) is 14.0 Å². The maximum absolute atomic E-state index is 12.9. The minimum Gasteiger partial charge on any atom is -0.496 e. The van der Waals surface area contributed by atoms with Crippen LogP contribution in [-0.4, -0.2) is 48.8 Å². The van der Waals surface area contributed by atoms with Crippen LogP contribution in [0.25, 0.3) is 0 Å². The van der Waals surface area contributed by atoms with Crippen LogP contribution in [-0.2, 0) is 11.2 Å². The Bertz CT molecular complexity index is 760. The number of para-hydroxylation sites is 1. The Hall–Kier alpha value is -2.37. The lowest BCUT2D eigenvalue weighted by Gasteiger charge is -2.38. The van der Waals surface area contributed by atoms with Crippen LogP contribution >= 0.6 is 0 Å². The molecule has 0 fully saturated rings. The summed E-state index contributed by atoms with van der Waals surface area (Å²) in [5.41, 5.74) is 3.41. The van der Waals surface area contributed by atoms with E-state index in [4.69, 9.17) is 4.74 Å². The molecule has 1 heterocycles. The fraction of sp³-hybridized carbons (Fsp3) is 0.381. The van der Waals surface area contributed by atoms with E-state index in [0.29, 0.717) is 13.1 Å². The summed E-state index contributed by atoms with van der Waals surface area (Å²) in [6.07, 6.45) is 0.360. The van der Waals surface area contributed by atoms with Crippen LogP contribution in [0.3, 0.4) is 0 Å². The van der Waals surface area contributed by atoms with Crippen molar-refractivity contribution in [3.63, 3.8) is 0 Å². The number of methoxy groups -OCH3 is 1. The molecule has 0 radical (unpaired) electrons. The summed E-state index contributed by atoms with van der Waals surface area (Å²) in [4.78, 5) is 14.8. The number of hydrogen-bond donors (Lipinski definition) is 2. The molecule has 0 bridgehead atoms. The molecule has 2 aromatic rings. The minimum absolute atomic E-state index is 0.0241. The van der Waals surface area contributed by atoms with Gasteiger partial charge in [0.1, 0.15) is 5.75 Å². The topological polar surface area (TPSA) is 61.8 Å². The number of carbonyl (C=O) groups excluding carboxylic acids is 1. The van der Waals surface area contributed by atoms with Gasteiger partial charge in [-0.05, 0) is 30.5 Å². The lowest BCUT2D eigenvalue weighted by molar-refractivity contribution is -0.132. The Morgan fingerprint density at radius 3 is 2.65 bits per heavy atom. The van der Waals surface area contributed by atoms with Crippen molar-refractivity contribution in [2.45, 2.75) is 25.5 Å². The van der Waals surface area contributed by atoms with Crippen LogP contribution in [0, 0.1) is 0 Å². The minimum atomic E-state index is -0.477. The molecule has 138 valence electrons. The van der Waals surface area contributed by atoms with Gasteiger partial charge in [0.2, 0.25) is 5.91 Å². The number of aliphatic hydroxyl groups is 1. The van der Waals surface area contributed by atoms with Gasteiger partial charge in [-0.15, -0.1) is 0 Å². The van der Waals surface area contributed by atoms with E-state index in [9.17, 15) is 9.90 Å². The van der Waals surface area contributed by atoms with Crippen LogP contribution in [0.4, 0.5) is 0 Å². The lowest BCUT2D eigenvalue weighted by Crippen LogP contribution is -2.45. The molecule has 1 aliphatic heterocycles. The molecule has 5 heteroatoms. The summed E-state index contributed by atoms with van der Waals surface area (Å²) in [5.74, 6) is 0.806. The number of nitrogens with zero attached hydrogens (tertiary/aromatic N) is 1. The Morgan fingerprint density at radius 2 is 1.92 bits per heavy atom. The smallest absolute Gasteiger partial charge is 0.237 e. The van der Waals surface area contributed by atoms with Gasteiger partial charge in [-0.25, -0.2) is 0 Å². The van der Waals surface area contributed by atoms with Crippen LogP contribution in [0.1, 0.15) is 29.7 Å². The first kappa shape index (κ1) is 18.4. The van der Waals surface area contributed by atoms with Crippen molar-refractivity contribution >= 4 is 5.91 Å². The van der Waals surface area contributed by atoms with Crippen molar-refractivity contribution < 1.29 is 14.6 Å². The number of benzene rings is 2. The third kappa shape index (κ3) is 3.89. The Morgan fingerprint density at radius 1 is 1.23 bits per heavy atom. The van der Waals surface area contributed by atoms with E-state index < -0.39 is 6.10 Å². The molecule has 26 heavy (non-hydrogen) atoms. The number of amides is 1. The summed E-state index contributed by atoms with van der Waals surface area (Å²) >= 11 is 0. The molecule has 1 aliphatic rings. The number of hydrogen-bond acceptors (Lipinski definition) is 4. The fourth-order valence-corrected chi connectivity index (χ4v) is 3.55. The van der Waals surface area contributed by atoms with E-state index in [1.165, 1.54) is 5.56 Å². The van der Waals surface area contributed by atoms with Crippen molar-refractivity contribution in [3.05, 3.63) is 65.2 Å². The molecule has 0 saturated carbocycles. The normalized spacial score (nSPS) is 17.5. The molecule has 0 saturated heterocycles. The van der Waals surface area contributed by atoms with E-state index in [-0.39, 0.29) is 18.5 Å². The predicted octanol–water partition coefficient (Wildman–Crippen LogP) is 2.14. The Kier molecular flexibility index (Phi) is 5.91.